The Balaban J connectivity index is 1.90. The van der Waals surface area contributed by atoms with Crippen molar-refractivity contribution in [2.75, 3.05) is 11.5 Å². The number of nitrogens with one attached hydrogen (secondary N) is 1. The average Bonchev–Trinajstić information content (AvgIpc) is 2.59. The first-order valence-corrected chi connectivity index (χ1v) is 9.06. The summed E-state index contributed by atoms with van der Waals surface area (Å²) < 4.78 is 0. The van der Waals surface area contributed by atoms with E-state index in [4.69, 9.17) is 34.5 Å². The van der Waals surface area contributed by atoms with Gasteiger partial charge >= 0.3 is 0 Å². The van der Waals surface area contributed by atoms with Crippen molar-refractivity contribution in [3.63, 3.8) is 0 Å². The van der Waals surface area contributed by atoms with Crippen molar-refractivity contribution in [3.8, 4) is 0 Å². The van der Waals surface area contributed by atoms with Gasteiger partial charge in [0.15, 0.2) is 28.4 Å². The lowest BCUT2D eigenvalue weighted by Gasteiger charge is -2.26. The smallest absolute Gasteiger partial charge is 0.280 e. The van der Waals surface area contributed by atoms with Gasteiger partial charge in [-0.3, -0.25) is 14.9 Å². The number of anilines is 2. The van der Waals surface area contributed by atoms with Crippen LogP contribution in [-0.2, 0) is 4.79 Å². The fourth-order valence-electron chi connectivity index (χ4n) is 2.96. The number of aromatic nitrogens is 2. The molecule has 1 aromatic heterocycles. The summed E-state index contributed by atoms with van der Waals surface area (Å²) >= 11 is 5.76. The number of nitrogen functional groups attached to an aromatic ring is 2. The van der Waals surface area contributed by atoms with E-state index >= 15 is 0 Å². The minimum Gasteiger partial charge on any atom is -0.382 e. The van der Waals surface area contributed by atoms with E-state index in [0.717, 1.165) is 25.7 Å². The molecule has 2 rings (SSSR count). The first kappa shape index (κ1) is 20.8. The molecule has 1 aliphatic rings. The summed E-state index contributed by atoms with van der Waals surface area (Å²) in [6.45, 7) is 1.70. The van der Waals surface area contributed by atoms with Crippen molar-refractivity contribution in [1.29, 1.82) is 0 Å². The maximum atomic E-state index is 12.2. The van der Waals surface area contributed by atoms with Gasteiger partial charge in [-0.25, -0.2) is 15.0 Å². The Kier molecular flexibility index (Phi) is 6.92. The number of nitrogens with two attached hydrogens (primary N) is 4. The molecule has 0 aromatic carbocycles. The van der Waals surface area contributed by atoms with Crippen LogP contribution in [0.3, 0.4) is 0 Å². The summed E-state index contributed by atoms with van der Waals surface area (Å²) in [5.74, 6) is -0.524. The van der Waals surface area contributed by atoms with Crippen LogP contribution in [0, 0.1) is 5.92 Å². The van der Waals surface area contributed by atoms with Crippen LogP contribution in [0.5, 0.6) is 0 Å². The lowest BCUT2D eigenvalue weighted by molar-refractivity contribution is -0.121. The summed E-state index contributed by atoms with van der Waals surface area (Å²) in [7, 11) is 0. The summed E-state index contributed by atoms with van der Waals surface area (Å²) in [6, 6.07) is -0.450. The number of amides is 1. The summed E-state index contributed by atoms with van der Waals surface area (Å²) in [6.07, 6.45) is 3.78. The fourth-order valence-corrected chi connectivity index (χ4v) is 3.09. The SMILES string of the molecule is C[C@@H](N)C(=O)CC1CCC(N=C(N)NC(=O)c2nc(Cl)c(N)nc2N)CC1. The third-order valence-electron chi connectivity index (χ3n) is 4.50. The Bertz CT molecular complexity index is 744. The zero-order chi connectivity index (χ0) is 20.1. The highest BCUT2D eigenvalue weighted by Gasteiger charge is 2.24. The number of ketones is 1. The summed E-state index contributed by atoms with van der Waals surface area (Å²) in [4.78, 5) is 35.8. The van der Waals surface area contributed by atoms with Crippen molar-refractivity contribution in [1.82, 2.24) is 15.3 Å². The molecule has 0 spiro atoms. The Morgan fingerprint density at radius 3 is 2.44 bits per heavy atom. The Labute approximate surface area is 162 Å². The van der Waals surface area contributed by atoms with Crippen LogP contribution >= 0.6 is 11.6 Å². The predicted molar refractivity (Wildman–Crippen MR) is 104 cm³/mol. The molecule has 11 heteroatoms. The molecule has 1 atom stereocenters. The van der Waals surface area contributed by atoms with Gasteiger partial charge in [0.25, 0.3) is 5.91 Å². The Morgan fingerprint density at radius 2 is 1.85 bits per heavy atom. The monoisotopic (exact) mass is 396 g/mol. The van der Waals surface area contributed by atoms with Gasteiger partial charge < -0.3 is 22.9 Å². The van der Waals surface area contributed by atoms with Crippen molar-refractivity contribution < 1.29 is 9.59 Å². The normalized spacial score (nSPS) is 21.5. The summed E-state index contributed by atoms with van der Waals surface area (Å²) in [5, 5.41) is 2.30. The first-order chi connectivity index (χ1) is 12.7. The highest BCUT2D eigenvalue weighted by atomic mass is 35.5. The maximum Gasteiger partial charge on any atom is 0.280 e. The molecule has 1 aliphatic carbocycles. The van der Waals surface area contributed by atoms with Crippen LogP contribution in [0.25, 0.3) is 0 Å². The lowest BCUT2D eigenvalue weighted by Crippen LogP contribution is -2.39. The molecule has 1 fully saturated rings. The second-order valence-electron chi connectivity index (χ2n) is 6.74. The van der Waals surface area contributed by atoms with Crippen molar-refractivity contribution in [3.05, 3.63) is 10.8 Å². The van der Waals surface area contributed by atoms with Gasteiger partial charge in [-0.1, -0.05) is 11.6 Å². The number of carbonyl (C=O) groups excluding carboxylic acids is 2. The molecule has 0 radical (unpaired) electrons. The highest BCUT2D eigenvalue weighted by molar-refractivity contribution is 6.31. The topological polar surface area (TPSA) is 188 Å². The first-order valence-electron chi connectivity index (χ1n) is 8.68. The number of hydrogen-bond donors (Lipinski definition) is 5. The maximum absolute atomic E-state index is 12.2. The number of nitrogens with zero attached hydrogens (tertiary/aromatic N) is 3. The molecule has 1 heterocycles. The van der Waals surface area contributed by atoms with E-state index in [-0.39, 0.29) is 40.3 Å². The van der Waals surface area contributed by atoms with E-state index in [0.29, 0.717) is 12.3 Å². The van der Waals surface area contributed by atoms with Crippen LogP contribution in [-0.4, -0.2) is 39.7 Å². The van der Waals surface area contributed by atoms with Gasteiger partial charge in [0.05, 0.1) is 12.1 Å². The van der Waals surface area contributed by atoms with Crippen molar-refractivity contribution in [2.24, 2.45) is 22.4 Å². The quantitative estimate of drug-likeness (QED) is 0.344. The van der Waals surface area contributed by atoms with Crippen molar-refractivity contribution in [2.45, 2.75) is 51.1 Å². The predicted octanol–water partition coefficient (Wildman–Crippen LogP) is 0.204. The van der Waals surface area contributed by atoms with E-state index in [1.165, 1.54) is 0 Å². The van der Waals surface area contributed by atoms with Crippen LogP contribution in [0.2, 0.25) is 5.15 Å². The molecule has 27 heavy (non-hydrogen) atoms. The number of hydrogen-bond acceptors (Lipinski definition) is 8. The number of halogens is 1. The van der Waals surface area contributed by atoms with E-state index < -0.39 is 11.9 Å². The minimum absolute atomic E-state index is 0.0228. The molecule has 148 valence electrons. The third kappa shape index (κ3) is 5.76. The van der Waals surface area contributed by atoms with Gasteiger partial charge in [0.2, 0.25) is 0 Å². The Morgan fingerprint density at radius 1 is 1.22 bits per heavy atom. The molecule has 0 bridgehead atoms. The van der Waals surface area contributed by atoms with Crippen LogP contribution in [0.15, 0.2) is 4.99 Å². The molecular weight excluding hydrogens is 372 g/mol. The molecular formula is C16H25ClN8O2. The van der Waals surface area contributed by atoms with E-state index in [9.17, 15) is 9.59 Å². The molecule has 1 saturated carbocycles. The van der Waals surface area contributed by atoms with Crippen LogP contribution in [0.1, 0.15) is 49.5 Å². The summed E-state index contributed by atoms with van der Waals surface area (Å²) in [5.41, 5.74) is 22.4. The van der Waals surface area contributed by atoms with Crippen molar-refractivity contribution >= 4 is 40.9 Å². The second-order valence-corrected chi connectivity index (χ2v) is 7.09. The second kappa shape index (κ2) is 8.96. The van der Waals surface area contributed by atoms with Gasteiger partial charge in [-0.05, 0) is 38.5 Å². The van der Waals surface area contributed by atoms with Crippen LogP contribution < -0.4 is 28.3 Å². The van der Waals surface area contributed by atoms with Crippen LogP contribution in [0.4, 0.5) is 11.6 Å². The van der Waals surface area contributed by atoms with E-state index in [2.05, 4.69) is 20.3 Å². The largest absolute Gasteiger partial charge is 0.382 e. The molecule has 0 saturated heterocycles. The number of aliphatic imine (C=N–C) groups is 1. The third-order valence-corrected chi connectivity index (χ3v) is 4.78. The van der Waals surface area contributed by atoms with Gasteiger partial charge in [-0.2, -0.15) is 0 Å². The highest BCUT2D eigenvalue weighted by Crippen LogP contribution is 2.29. The average molecular weight is 397 g/mol. The number of Topliss-reactive ketones (excluding diaryl/α,β-unsaturated/α-hetero) is 1. The zero-order valence-electron chi connectivity index (χ0n) is 15.1. The molecule has 0 aliphatic heterocycles. The molecule has 1 amide bonds. The standard InChI is InChI=1S/C16H25ClN8O2/c1-7(18)10(26)6-8-2-4-9(5-3-8)22-16(21)25-15(27)11-13(19)24-14(20)12(17)23-11/h7-9H,2-6,18H2,1H3,(H4,19,20,24)(H3,21,22,25,27)/t7-,8?,9?/m1/s1. The van der Waals surface area contributed by atoms with E-state index in [1.54, 1.807) is 6.92 Å². The number of guanidine groups is 1. The van der Waals surface area contributed by atoms with Gasteiger partial charge in [0.1, 0.15) is 5.78 Å². The molecule has 9 N–H and O–H groups in total. The zero-order valence-corrected chi connectivity index (χ0v) is 15.9. The molecule has 1 aromatic rings. The lowest BCUT2D eigenvalue weighted by atomic mass is 9.82. The number of rotatable bonds is 5. The Hall–Kier alpha value is -2.46. The van der Waals surface area contributed by atoms with Gasteiger partial charge in [-0.15, -0.1) is 0 Å². The van der Waals surface area contributed by atoms with E-state index in [1.807, 2.05) is 0 Å². The molecule has 0 unspecified atom stereocenters. The minimum atomic E-state index is -0.667. The number of carbonyl (C=O) groups is 2. The molecule has 10 nitrogen and oxygen atoms in total. The van der Waals surface area contributed by atoms with Gasteiger partial charge in [0, 0.05) is 6.42 Å². The fraction of sp³-hybridized carbons (Fsp3) is 0.562.